The molecular weight excluding hydrogens is 534 g/mol. The van der Waals surface area contributed by atoms with Gasteiger partial charge < -0.3 is 26.0 Å². The molecule has 41 heavy (non-hydrogen) atoms. The van der Waals surface area contributed by atoms with Crippen molar-refractivity contribution in [3.8, 4) is 16.9 Å². The zero-order valence-electron chi connectivity index (χ0n) is 23.4. The summed E-state index contributed by atoms with van der Waals surface area (Å²) in [7, 11) is 3.22. The van der Waals surface area contributed by atoms with Crippen molar-refractivity contribution in [2.45, 2.75) is 29.7 Å². The van der Waals surface area contributed by atoms with Gasteiger partial charge in [0.25, 0.3) is 11.5 Å². The Bertz CT molecular complexity index is 1640. The number of aromatic nitrogens is 1. The number of hydrogen-bond acceptors (Lipinski definition) is 7. The van der Waals surface area contributed by atoms with Gasteiger partial charge in [0.15, 0.2) is 5.75 Å². The number of carbonyl (C=O) groups excluding carboxylic acids is 1. The number of carbonyl (C=O) groups is 1. The van der Waals surface area contributed by atoms with Crippen LogP contribution in [0.15, 0.2) is 105 Å². The zero-order chi connectivity index (χ0) is 29.5. The van der Waals surface area contributed by atoms with Crippen LogP contribution in [0.3, 0.4) is 0 Å². The molecule has 0 saturated heterocycles. The van der Waals surface area contributed by atoms with E-state index >= 15 is 0 Å². The van der Waals surface area contributed by atoms with Crippen LogP contribution >= 0.6 is 11.8 Å². The Morgan fingerprint density at radius 2 is 1.71 bits per heavy atom. The topological polar surface area (TPSA) is 124 Å². The van der Waals surface area contributed by atoms with Gasteiger partial charge in [-0.3, -0.25) is 14.6 Å². The second-order valence-electron chi connectivity index (χ2n) is 9.44. The Kier molecular flexibility index (Phi) is 9.31. The minimum atomic E-state index is -0.471. The van der Waals surface area contributed by atoms with Gasteiger partial charge in [-0.05, 0) is 61.4 Å². The minimum Gasteiger partial charge on any atom is -0.504 e. The lowest BCUT2D eigenvalue weighted by Crippen LogP contribution is -2.29. The third kappa shape index (κ3) is 6.36. The molecule has 0 radical (unpaired) electrons. The van der Waals surface area contributed by atoms with Crippen LogP contribution in [0, 0.1) is 0 Å². The van der Waals surface area contributed by atoms with E-state index in [9.17, 15) is 14.7 Å². The molecule has 0 aliphatic heterocycles. The van der Waals surface area contributed by atoms with E-state index in [1.54, 1.807) is 26.2 Å². The molecule has 0 saturated carbocycles. The molecule has 1 aromatic heterocycles. The average Bonchev–Trinajstić information content (AvgIpc) is 2.99. The van der Waals surface area contributed by atoms with E-state index in [0.717, 1.165) is 33.5 Å². The predicted octanol–water partition coefficient (Wildman–Crippen LogP) is 5.81. The van der Waals surface area contributed by atoms with Gasteiger partial charge in [-0.25, -0.2) is 0 Å². The number of aliphatic imine (C=N–C) groups is 1. The number of benzene rings is 3. The highest BCUT2D eigenvalue weighted by Gasteiger charge is 2.26. The maximum absolute atomic E-state index is 13.3. The zero-order valence-corrected chi connectivity index (χ0v) is 24.2. The van der Waals surface area contributed by atoms with Crippen LogP contribution in [0.5, 0.6) is 5.75 Å². The molecule has 4 aromatic rings. The van der Waals surface area contributed by atoms with Crippen molar-refractivity contribution in [3.05, 3.63) is 107 Å². The summed E-state index contributed by atoms with van der Waals surface area (Å²) in [6.07, 6.45) is 3.11. The van der Waals surface area contributed by atoms with Crippen molar-refractivity contribution in [3.63, 3.8) is 0 Å². The van der Waals surface area contributed by atoms with Crippen LogP contribution in [-0.2, 0) is 0 Å². The molecule has 3 aromatic carbocycles. The first-order valence-corrected chi connectivity index (χ1v) is 13.9. The smallest absolute Gasteiger partial charge is 0.266 e. The van der Waals surface area contributed by atoms with E-state index in [2.05, 4.69) is 15.3 Å². The number of nitrogens with zero attached hydrogens (tertiary/aromatic N) is 2. The fraction of sp³-hybridized carbons (Fsp3) is 0.156. The molecule has 0 fully saturated rings. The van der Waals surface area contributed by atoms with E-state index in [-0.39, 0.29) is 28.3 Å². The summed E-state index contributed by atoms with van der Waals surface area (Å²) in [5.74, 6) is -0.347. The maximum Gasteiger partial charge on any atom is 0.266 e. The number of pyridine rings is 1. The molecular formula is C32H33N5O3S. The molecule has 5 N–H and O–H groups in total. The summed E-state index contributed by atoms with van der Waals surface area (Å²) >= 11 is 1.15. The Morgan fingerprint density at radius 3 is 2.34 bits per heavy atom. The molecule has 0 aliphatic carbocycles. The van der Waals surface area contributed by atoms with Crippen LogP contribution in [-0.4, -0.2) is 42.3 Å². The molecule has 0 spiro atoms. The number of H-pyrrole nitrogens is 1. The van der Waals surface area contributed by atoms with E-state index < -0.39 is 5.56 Å². The van der Waals surface area contributed by atoms with Gasteiger partial charge in [-0.1, -0.05) is 60.3 Å². The fourth-order valence-electron chi connectivity index (χ4n) is 4.50. The van der Waals surface area contributed by atoms with Crippen molar-refractivity contribution < 1.29 is 9.90 Å². The highest BCUT2D eigenvalue weighted by atomic mass is 32.2. The van der Waals surface area contributed by atoms with E-state index in [0.29, 0.717) is 16.9 Å². The highest BCUT2D eigenvalue weighted by Crippen LogP contribution is 2.44. The van der Waals surface area contributed by atoms with Gasteiger partial charge in [0, 0.05) is 42.5 Å². The number of nitrogens with two attached hydrogens (primary N) is 1. The summed E-state index contributed by atoms with van der Waals surface area (Å²) in [4.78, 5) is 35.4. The highest BCUT2D eigenvalue weighted by molar-refractivity contribution is 7.99. The van der Waals surface area contributed by atoms with Gasteiger partial charge in [-0.2, -0.15) is 0 Å². The summed E-state index contributed by atoms with van der Waals surface area (Å²) < 4.78 is 0. The van der Waals surface area contributed by atoms with Crippen LogP contribution in [0.4, 0.5) is 11.4 Å². The molecule has 8 nitrogen and oxygen atoms in total. The van der Waals surface area contributed by atoms with E-state index in [4.69, 9.17) is 5.73 Å². The third-order valence-corrected chi connectivity index (χ3v) is 7.48. The number of para-hydroxylation sites is 1. The lowest BCUT2D eigenvalue weighted by Gasteiger charge is -2.32. The molecule has 210 valence electrons. The van der Waals surface area contributed by atoms with Crippen LogP contribution in [0.1, 0.15) is 29.9 Å². The number of amides is 1. The number of allylic oxidation sites excluding steroid dienone is 1. The largest absolute Gasteiger partial charge is 0.504 e. The predicted molar refractivity (Wildman–Crippen MR) is 168 cm³/mol. The summed E-state index contributed by atoms with van der Waals surface area (Å²) in [5, 5.41) is 14.4. The van der Waals surface area contributed by atoms with Gasteiger partial charge in [0.2, 0.25) is 0 Å². The first-order chi connectivity index (χ1) is 19.8. The monoisotopic (exact) mass is 567 g/mol. The molecule has 0 unspecified atom stereocenters. The first kappa shape index (κ1) is 29.2. The molecule has 1 heterocycles. The molecule has 0 aliphatic rings. The number of hydrogen-bond donors (Lipinski definition) is 4. The van der Waals surface area contributed by atoms with Gasteiger partial charge in [-0.15, -0.1) is 0 Å². The van der Waals surface area contributed by atoms with Gasteiger partial charge in [0.1, 0.15) is 10.6 Å². The Hall–Kier alpha value is -4.76. The standard InChI is InChI=1S/C32H33N5O3S/c1-20(2)37(22-10-6-5-7-11-22)28-27(26(33)18-19-34-3)36-32(40)30(29(28)38)41-23-16-14-21(15-17-23)24-12-8-9-13-25(24)31(39)35-4/h5-20H,33H2,1-4H3,(H,35,39)(H2,36,38,40). The fourth-order valence-corrected chi connectivity index (χ4v) is 5.35. The van der Waals surface area contributed by atoms with E-state index in [1.165, 1.54) is 6.21 Å². The molecule has 0 atom stereocenters. The molecule has 4 rings (SSSR count). The normalized spacial score (nSPS) is 11.7. The average molecular weight is 568 g/mol. The second-order valence-corrected chi connectivity index (χ2v) is 10.5. The Morgan fingerprint density at radius 1 is 1.05 bits per heavy atom. The molecule has 1 amide bonds. The van der Waals surface area contributed by atoms with Crippen LogP contribution in [0.2, 0.25) is 0 Å². The molecule has 9 heteroatoms. The van der Waals surface area contributed by atoms with Crippen LogP contribution in [0.25, 0.3) is 16.8 Å². The summed E-state index contributed by atoms with van der Waals surface area (Å²) in [5.41, 5.74) is 9.91. The summed E-state index contributed by atoms with van der Waals surface area (Å²) in [6.45, 7) is 3.99. The lowest BCUT2D eigenvalue weighted by molar-refractivity contribution is 0.0963. The minimum absolute atomic E-state index is 0.0851. The SMILES string of the molecule is CN=CC=C(N)c1[nH]c(=O)c(Sc2ccc(-c3ccccc3C(=O)NC)cc2)c(O)c1N(c1ccccc1)C(C)C. The number of aromatic hydroxyl groups is 1. The quantitative estimate of drug-likeness (QED) is 0.189. The summed E-state index contributed by atoms with van der Waals surface area (Å²) in [6, 6.07) is 24.4. The number of anilines is 2. The van der Waals surface area contributed by atoms with Crippen molar-refractivity contribution in [1.82, 2.24) is 10.3 Å². The first-order valence-electron chi connectivity index (χ1n) is 13.1. The van der Waals surface area contributed by atoms with Crippen LogP contribution < -0.4 is 21.5 Å². The Labute approximate surface area is 243 Å². The Balaban J connectivity index is 1.81. The van der Waals surface area contributed by atoms with Crippen molar-refractivity contribution in [2.75, 3.05) is 19.0 Å². The third-order valence-electron chi connectivity index (χ3n) is 6.39. The van der Waals surface area contributed by atoms with Gasteiger partial charge in [0.05, 0.1) is 11.4 Å². The number of nitrogens with one attached hydrogen (secondary N) is 2. The van der Waals surface area contributed by atoms with Crippen molar-refractivity contribution in [1.29, 1.82) is 0 Å². The van der Waals surface area contributed by atoms with Crippen molar-refractivity contribution >= 4 is 41.0 Å². The second kappa shape index (κ2) is 13.1. The van der Waals surface area contributed by atoms with E-state index in [1.807, 2.05) is 91.5 Å². The lowest BCUT2D eigenvalue weighted by atomic mass is 9.99. The van der Waals surface area contributed by atoms with Gasteiger partial charge >= 0.3 is 0 Å². The maximum atomic E-state index is 13.3. The molecule has 0 bridgehead atoms. The number of rotatable bonds is 9. The van der Waals surface area contributed by atoms with Crippen molar-refractivity contribution in [2.24, 2.45) is 10.7 Å². The number of aromatic amines is 1.